The molecule has 0 unspecified atom stereocenters. The number of rotatable bonds is 12. The molecule has 0 spiro atoms. The van der Waals surface area contributed by atoms with Crippen molar-refractivity contribution in [3.8, 4) is 0 Å². The van der Waals surface area contributed by atoms with Gasteiger partial charge in [-0.05, 0) is 25.0 Å². The number of amides is 1. The Morgan fingerprint density at radius 1 is 1.03 bits per heavy atom. The largest absolute Gasteiger partial charge is 0.376 e. The van der Waals surface area contributed by atoms with Crippen molar-refractivity contribution in [3.05, 3.63) is 50.9 Å². The lowest BCUT2D eigenvalue weighted by molar-refractivity contribution is -0.116. The van der Waals surface area contributed by atoms with Gasteiger partial charge < -0.3 is 14.8 Å². The topological polar surface area (TPSA) is 105 Å². The van der Waals surface area contributed by atoms with Crippen molar-refractivity contribution in [2.75, 3.05) is 24.3 Å². The van der Waals surface area contributed by atoms with E-state index in [1.165, 1.54) is 0 Å². The first-order valence-corrected chi connectivity index (χ1v) is 12.2. The molecule has 34 heavy (non-hydrogen) atoms. The summed E-state index contributed by atoms with van der Waals surface area (Å²) in [5.74, 6) is 0.530. The molecule has 0 aliphatic rings. The minimum Gasteiger partial charge on any atom is -0.376 e. The molecule has 0 atom stereocenters. The highest BCUT2D eigenvalue weighted by atomic mass is 16.2. The maximum Gasteiger partial charge on any atom is 0.330 e. The molecule has 0 fully saturated rings. The van der Waals surface area contributed by atoms with Crippen LogP contribution in [0.4, 0.5) is 11.4 Å². The van der Waals surface area contributed by atoms with E-state index in [9.17, 15) is 14.4 Å². The number of carbonyl (C=O) groups excluding carboxylic acids is 1. The molecule has 1 amide bonds. The van der Waals surface area contributed by atoms with Gasteiger partial charge in [-0.1, -0.05) is 45.2 Å². The van der Waals surface area contributed by atoms with Crippen molar-refractivity contribution in [1.29, 1.82) is 0 Å². The summed E-state index contributed by atoms with van der Waals surface area (Å²) in [6.45, 7) is 5.30. The van der Waals surface area contributed by atoms with E-state index in [0.29, 0.717) is 36.5 Å². The molecule has 0 saturated heterocycles. The Kier molecular flexibility index (Phi) is 8.67. The molecule has 184 valence electrons. The van der Waals surface area contributed by atoms with Crippen molar-refractivity contribution in [3.63, 3.8) is 0 Å². The van der Waals surface area contributed by atoms with Crippen molar-refractivity contribution in [2.24, 2.45) is 0 Å². The van der Waals surface area contributed by atoms with Crippen LogP contribution in [0.25, 0.3) is 11.2 Å². The Hall–Kier alpha value is -3.36. The number of unbranched alkanes of at least 4 members (excludes halogenated alkanes) is 3. The fourth-order valence-electron chi connectivity index (χ4n) is 4.10. The molecule has 1 aromatic carbocycles. The maximum absolute atomic E-state index is 12.8. The van der Waals surface area contributed by atoms with E-state index in [2.05, 4.69) is 24.1 Å². The number of para-hydroxylation sites is 2. The molecule has 0 saturated carbocycles. The summed E-state index contributed by atoms with van der Waals surface area (Å²) in [4.78, 5) is 47.1. The van der Waals surface area contributed by atoms with E-state index in [0.717, 1.165) is 43.5 Å². The van der Waals surface area contributed by atoms with E-state index >= 15 is 0 Å². The number of hydrogen-bond donors (Lipinski definition) is 2. The monoisotopic (exact) mass is 468 g/mol. The van der Waals surface area contributed by atoms with Crippen LogP contribution in [0.1, 0.15) is 58.2 Å². The van der Waals surface area contributed by atoms with E-state index in [4.69, 9.17) is 4.98 Å². The zero-order valence-corrected chi connectivity index (χ0v) is 20.7. The molecule has 0 bridgehead atoms. The van der Waals surface area contributed by atoms with Crippen LogP contribution in [-0.4, -0.2) is 39.1 Å². The summed E-state index contributed by atoms with van der Waals surface area (Å²) < 4.78 is 3.44. The van der Waals surface area contributed by atoms with E-state index in [1.54, 1.807) is 4.57 Å². The number of aryl methyl sites for hydroxylation is 3. The van der Waals surface area contributed by atoms with Crippen LogP contribution in [0.15, 0.2) is 33.9 Å². The van der Waals surface area contributed by atoms with E-state index < -0.39 is 11.2 Å². The fraction of sp³-hybridized carbons (Fsp3) is 0.520. The lowest BCUT2D eigenvalue weighted by atomic mass is 10.2. The second-order valence-corrected chi connectivity index (χ2v) is 8.78. The van der Waals surface area contributed by atoms with Gasteiger partial charge in [-0.2, -0.15) is 0 Å². The average molecular weight is 469 g/mol. The lowest BCUT2D eigenvalue weighted by Gasteiger charge is -2.17. The Morgan fingerprint density at radius 2 is 1.74 bits per heavy atom. The van der Waals surface area contributed by atoms with Gasteiger partial charge in [0, 0.05) is 40.0 Å². The van der Waals surface area contributed by atoms with Crippen molar-refractivity contribution < 1.29 is 4.79 Å². The molecule has 9 heteroatoms. The zero-order valence-electron chi connectivity index (χ0n) is 20.7. The second kappa shape index (κ2) is 11.7. The quantitative estimate of drug-likeness (QED) is 0.396. The van der Waals surface area contributed by atoms with Gasteiger partial charge >= 0.3 is 5.69 Å². The summed E-state index contributed by atoms with van der Waals surface area (Å²) in [5, 5.41) is 2.99. The second-order valence-electron chi connectivity index (χ2n) is 8.78. The van der Waals surface area contributed by atoms with Gasteiger partial charge in [-0.15, -0.1) is 0 Å². The maximum atomic E-state index is 12.8. The fourth-order valence-corrected chi connectivity index (χ4v) is 4.10. The third-order valence-corrected chi connectivity index (χ3v) is 5.92. The molecule has 0 aliphatic heterocycles. The third kappa shape index (κ3) is 5.76. The lowest BCUT2D eigenvalue weighted by Crippen LogP contribution is -2.31. The van der Waals surface area contributed by atoms with Gasteiger partial charge in [0.15, 0.2) is 11.2 Å². The van der Waals surface area contributed by atoms with Crippen LogP contribution in [0.5, 0.6) is 0 Å². The molecule has 2 N–H and O–H groups in total. The summed E-state index contributed by atoms with van der Waals surface area (Å²) in [6.07, 6.45) is 5.29. The first-order chi connectivity index (χ1) is 16.4. The third-order valence-electron chi connectivity index (χ3n) is 5.92. The number of aromatic nitrogens is 4. The molecule has 2 aromatic heterocycles. The van der Waals surface area contributed by atoms with Crippen LogP contribution in [0.3, 0.4) is 0 Å². The zero-order chi connectivity index (χ0) is 24.7. The number of nitrogens with one attached hydrogen (secondary N) is 2. The Labute approximate surface area is 199 Å². The van der Waals surface area contributed by atoms with Crippen LogP contribution in [0, 0.1) is 0 Å². The van der Waals surface area contributed by atoms with Gasteiger partial charge in [0.25, 0.3) is 5.56 Å². The minimum atomic E-state index is -0.436. The summed E-state index contributed by atoms with van der Waals surface area (Å²) in [7, 11) is 3.86. The highest BCUT2D eigenvalue weighted by molar-refractivity contribution is 5.94. The number of carbonyl (C=O) groups is 1. The molecular formula is C25H36N6O3. The summed E-state index contributed by atoms with van der Waals surface area (Å²) in [6, 6.07) is 7.64. The normalized spacial score (nSPS) is 11.2. The van der Waals surface area contributed by atoms with Crippen LogP contribution in [-0.2, 0) is 24.3 Å². The number of imidazole rings is 1. The Balaban J connectivity index is 1.90. The first-order valence-electron chi connectivity index (χ1n) is 12.2. The highest BCUT2D eigenvalue weighted by Crippen LogP contribution is 2.24. The molecule has 2 heterocycles. The number of fused-ring (bicyclic) bond motifs is 1. The molecule has 3 aromatic rings. The number of H-pyrrole nitrogens is 1. The predicted molar refractivity (Wildman–Crippen MR) is 137 cm³/mol. The number of benzene rings is 1. The van der Waals surface area contributed by atoms with E-state index in [1.807, 2.05) is 47.8 Å². The molecular weight excluding hydrogens is 432 g/mol. The minimum absolute atomic E-state index is 0.126. The van der Waals surface area contributed by atoms with Crippen molar-refractivity contribution in [1.82, 2.24) is 19.1 Å². The van der Waals surface area contributed by atoms with Gasteiger partial charge in [0.05, 0.1) is 11.4 Å². The molecule has 0 radical (unpaired) electrons. The standard InChI is InChI=1S/C25H36N6O3/c1-5-7-11-17-30-20(14-15-21(32)26-18-12-9-10-13-19(18)29(3)4)27-23-22(30)24(33)28-25(34)31(23)16-8-6-2/h9-10,12-13H,5-8,11,14-17H2,1-4H3,(H,26,32)(H,28,33,34). The number of anilines is 2. The first kappa shape index (κ1) is 25.3. The van der Waals surface area contributed by atoms with Gasteiger partial charge in [-0.3, -0.25) is 19.1 Å². The number of nitrogens with zero attached hydrogens (tertiary/aromatic N) is 4. The van der Waals surface area contributed by atoms with Gasteiger partial charge in [0.2, 0.25) is 5.91 Å². The Bertz CT molecular complexity index is 1240. The number of hydrogen-bond acceptors (Lipinski definition) is 5. The smallest absolute Gasteiger partial charge is 0.330 e. The molecule has 0 aliphatic carbocycles. The highest BCUT2D eigenvalue weighted by Gasteiger charge is 2.19. The Morgan fingerprint density at radius 3 is 2.44 bits per heavy atom. The summed E-state index contributed by atoms with van der Waals surface area (Å²) in [5.41, 5.74) is 1.64. The SMILES string of the molecule is CCCCCn1c(CCC(=O)Nc2ccccc2N(C)C)nc2c1c(=O)[nH]c(=O)n2CCCC. The van der Waals surface area contributed by atoms with Gasteiger partial charge in [0.1, 0.15) is 5.82 Å². The van der Waals surface area contributed by atoms with Crippen molar-refractivity contribution >= 4 is 28.4 Å². The van der Waals surface area contributed by atoms with Crippen LogP contribution >= 0.6 is 0 Å². The predicted octanol–water partition coefficient (Wildman–Crippen LogP) is 3.51. The summed E-state index contributed by atoms with van der Waals surface area (Å²) >= 11 is 0. The molecule has 3 rings (SSSR count). The van der Waals surface area contributed by atoms with Crippen molar-refractivity contribution in [2.45, 2.75) is 71.9 Å². The average Bonchev–Trinajstić information content (AvgIpc) is 3.16. The van der Waals surface area contributed by atoms with Gasteiger partial charge in [-0.25, -0.2) is 9.78 Å². The number of aromatic amines is 1. The van der Waals surface area contributed by atoms with Crippen LogP contribution < -0.4 is 21.5 Å². The van der Waals surface area contributed by atoms with E-state index in [-0.39, 0.29) is 12.3 Å². The molecule has 9 nitrogen and oxygen atoms in total. The van der Waals surface area contributed by atoms with Crippen LogP contribution in [0.2, 0.25) is 0 Å².